The van der Waals surface area contributed by atoms with Gasteiger partial charge in [-0.15, -0.1) is 11.3 Å². The predicted octanol–water partition coefficient (Wildman–Crippen LogP) is 7.42. The van der Waals surface area contributed by atoms with E-state index in [1.54, 1.807) is 59.0 Å². The fourth-order valence-corrected chi connectivity index (χ4v) is 10.1. The number of hydrazone groups is 1. The summed E-state index contributed by atoms with van der Waals surface area (Å²) in [6.07, 6.45) is 13.7. The first-order valence-corrected chi connectivity index (χ1v) is 31.1. The minimum Gasteiger partial charge on any atom is -0.494 e. The van der Waals surface area contributed by atoms with Gasteiger partial charge < -0.3 is 59.8 Å². The number of carbonyl (C=O) groups excluding carboxylic acids is 4. The molecule has 5 N–H and O–H groups in total. The Balaban J connectivity index is 0.672. The van der Waals surface area contributed by atoms with Gasteiger partial charge in [-0.3, -0.25) is 29.4 Å². The summed E-state index contributed by atoms with van der Waals surface area (Å²) in [5.41, 5.74) is 5.29. The van der Waals surface area contributed by atoms with Gasteiger partial charge in [0.15, 0.2) is 11.2 Å². The molecule has 1 unspecified atom stereocenters. The lowest BCUT2D eigenvalue weighted by Gasteiger charge is -2.32. The van der Waals surface area contributed by atoms with Gasteiger partial charge in [0.25, 0.3) is 0 Å². The fraction of sp³-hybridized carbons (Fsp3) is 0.446. The number of ether oxygens (including phenoxy) is 5. The Bertz CT molecular complexity index is 3030. The average molecular weight is 1230 g/mol. The zero-order chi connectivity index (χ0) is 62.1. The van der Waals surface area contributed by atoms with E-state index in [0.29, 0.717) is 126 Å². The third-order valence-electron chi connectivity index (χ3n) is 14.5. The number of rotatable bonds is 40. The molecule has 3 heterocycles. The van der Waals surface area contributed by atoms with E-state index in [9.17, 15) is 19.2 Å². The standard InChI is InChI=1S/C65H87N13O9S/c1-5-12-50(6-2)46-68-63(81)62(59-27-31-77(73-59)48-52-13-8-7-9-14-52)78(56-20-21-56)60(79)26-17-51-15-22-57(23-16-51)86-37-11-10-30-74(3)36-40-85-42-41-83-38-28-54(72-66)47-67-29-39-84-43-44-87-58-24-18-53(19-25-58)69-64(82)71-65-70-55(49-88-65)45-61(80)76-34-32-75(4)33-35-76/h5-9,12-16,18-19,22-25,27,31,47,49,56,62H,1-2,10-11,17,20-21,26,28-30,32-46,48,66H2,3-4H3,(H,68,81)(H2,69,70,71,82)/b50-12+,67-47?,72-54-. The van der Waals surface area contributed by atoms with Gasteiger partial charge >= 0.3 is 6.03 Å². The quantitative estimate of drug-likeness (QED) is 0.00981. The lowest BCUT2D eigenvalue weighted by Crippen LogP contribution is -2.47. The molecule has 22 nitrogen and oxygen atoms in total. The van der Waals surface area contributed by atoms with Crippen LogP contribution in [0, 0.1) is 0 Å². The van der Waals surface area contributed by atoms with Crippen LogP contribution in [0.1, 0.15) is 67.1 Å². The van der Waals surface area contributed by atoms with Gasteiger partial charge in [-0.05, 0) is 112 Å². The molecule has 1 aliphatic heterocycles. The van der Waals surface area contributed by atoms with Crippen LogP contribution in [0.3, 0.4) is 0 Å². The topological polar surface area (TPSA) is 245 Å². The summed E-state index contributed by atoms with van der Waals surface area (Å²) < 4.78 is 30.8. The molecule has 2 aromatic heterocycles. The summed E-state index contributed by atoms with van der Waals surface area (Å²) in [6.45, 7) is 17.4. The molecule has 5 aromatic rings. The van der Waals surface area contributed by atoms with Gasteiger partial charge in [0.1, 0.15) is 18.1 Å². The van der Waals surface area contributed by atoms with Crippen LogP contribution in [0.5, 0.6) is 11.5 Å². The number of piperazine rings is 1. The van der Waals surface area contributed by atoms with E-state index in [2.05, 4.69) is 61.0 Å². The molecule has 0 spiro atoms. The smallest absolute Gasteiger partial charge is 0.325 e. The maximum atomic E-state index is 14.1. The van der Waals surface area contributed by atoms with Gasteiger partial charge in [-0.1, -0.05) is 73.9 Å². The van der Waals surface area contributed by atoms with E-state index in [4.69, 9.17) is 34.6 Å². The van der Waals surface area contributed by atoms with Crippen molar-refractivity contribution in [2.45, 2.75) is 70.0 Å². The Hall–Kier alpha value is -8.06. The molecule has 1 atom stereocenters. The highest BCUT2D eigenvalue weighted by Crippen LogP contribution is 2.35. The molecular formula is C65H87N13O9S. The van der Waals surface area contributed by atoms with E-state index < -0.39 is 12.1 Å². The first kappa shape index (κ1) is 67.4. The molecule has 1 saturated carbocycles. The SMILES string of the molecule is C=C/C=C(\C=C)CNC(=O)C(c1ccn(Cc2ccccc2)n1)N(C(=O)CCc1ccc(OCCCCN(C)CCOCCOCC/C(C=NCCOCCOc2ccc(NC(=O)Nc3nc(CC(=O)N4CCN(C)CC4)cs3)cc2)=N/N)cc1)C1CC1. The summed E-state index contributed by atoms with van der Waals surface area (Å²) in [4.78, 5) is 70.2. The molecule has 7 rings (SSSR count). The Labute approximate surface area is 521 Å². The number of likely N-dealkylation sites (N-methyl/N-ethyl adjacent to an activating group) is 2. The number of anilines is 2. The van der Waals surface area contributed by atoms with E-state index in [-0.39, 0.29) is 43.1 Å². The van der Waals surface area contributed by atoms with Gasteiger partial charge in [-0.25, -0.2) is 9.78 Å². The van der Waals surface area contributed by atoms with E-state index in [0.717, 1.165) is 74.3 Å². The highest BCUT2D eigenvalue weighted by atomic mass is 32.1. The number of amides is 5. The Morgan fingerprint density at radius 2 is 1.52 bits per heavy atom. The molecule has 3 aromatic carbocycles. The van der Waals surface area contributed by atoms with Crippen LogP contribution in [-0.4, -0.2) is 195 Å². The van der Waals surface area contributed by atoms with Crippen molar-refractivity contribution in [2.75, 3.05) is 130 Å². The van der Waals surface area contributed by atoms with Crippen LogP contribution in [0.4, 0.5) is 15.6 Å². The number of aliphatic imine (C=N–C) groups is 1. The minimum atomic E-state index is -0.876. The van der Waals surface area contributed by atoms with E-state index in [1.807, 2.05) is 83.5 Å². The molecule has 88 heavy (non-hydrogen) atoms. The Morgan fingerprint density at radius 1 is 0.807 bits per heavy atom. The number of aryl methyl sites for hydroxylation is 1. The molecule has 0 bridgehead atoms. The number of nitrogens with zero attached hydrogens (tertiary/aromatic N) is 9. The van der Waals surface area contributed by atoms with Crippen molar-refractivity contribution >= 4 is 57.8 Å². The van der Waals surface area contributed by atoms with Crippen molar-refractivity contribution in [3.63, 3.8) is 0 Å². The summed E-state index contributed by atoms with van der Waals surface area (Å²) in [5, 5.41) is 19.4. The fourth-order valence-electron chi connectivity index (χ4n) is 9.40. The summed E-state index contributed by atoms with van der Waals surface area (Å²) in [7, 11) is 4.13. The molecule has 23 heteroatoms. The number of carbonyl (C=O) groups is 4. The lowest BCUT2D eigenvalue weighted by molar-refractivity contribution is -0.141. The zero-order valence-corrected chi connectivity index (χ0v) is 51.8. The van der Waals surface area contributed by atoms with Crippen LogP contribution in [-0.2, 0) is 48.0 Å². The molecule has 2 fully saturated rings. The molecule has 472 valence electrons. The first-order chi connectivity index (χ1) is 43.0. The number of hydrogen-bond acceptors (Lipinski definition) is 17. The van der Waals surface area contributed by atoms with E-state index >= 15 is 0 Å². The molecule has 1 aliphatic carbocycles. The number of urea groups is 1. The second-order valence-electron chi connectivity index (χ2n) is 21.5. The predicted molar refractivity (Wildman–Crippen MR) is 345 cm³/mol. The number of aromatic nitrogens is 3. The number of hydrogen-bond donors (Lipinski definition) is 4. The summed E-state index contributed by atoms with van der Waals surface area (Å²) in [5.74, 6) is 6.67. The normalized spacial score (nSPS) is 14.2. The number of thiazole rings is 1. The van der Waals surface area contributed by atoms with Crippen molar-refractivity contribution in [3.8, 4) is 11.5 Å². The van der Waals surface area contributed by atoms with Crippen LogP contribution < -0.4 is 31.3 Å². The number of benzene rings is 3. The van der Waals surface area contributed by atoms with E-state index in [1.165, 1.54) is 11.3 Å². The molecular weight excluding hydrogens is 1140 g/mol. The second-order valence-corrected chi connectivity index (χ2v) is 22.3. The zero-order valence-electron chi connectivity index (χ0n) is 51.0. The van der Waals surface area contributed by atoms with Gasteiger partial charge in [-0.2, -0.15) is 10.2 Å². The van der Waals surface area contributed by atoms with Crippen molar-refractivity contribution < 1.29 is 42.9 Å². The highest BCUT2D eigenvalue weighted by Gasteiger charge is 2.42. The second kappa shape index (κ2) is 37.6. The Kier molecular flexibility index (Phi) is 28.8. The van der Waals surface area contributed by atoms with Gasteiger partial charge in [0, 0.05) is 81.6 Å². The minimum absolute atomic E-state index is 0.0303. The molecule has 1 saturated heterocycles. The molecule has 5 amide bonds. The molecule has 0 radical (unpaired) electrons. The average Bonchev–Trinajstić information content (AvgIpc) is 4.15. The van der Waals surface area contributed by atoms with Crippen molar-refractivity contribution in [2.24, 2.45) is 15.9 Å². The van der Waals surface area contributed by atoms with Crippen LogP contribution in [0.25, 0.3) is 0 Å². The highest BCUT2D eigenvalue weighted by molar-refractivity contribution is 7.14. The first-order valence-electron chi connectivity index (χ1n) is 30.2. The maximum absolute atomic E-state index is 14.1. The number of unbranched alkanes of at least 4 members (excludes halogenated alkanes) is 1. The molecule has 2 aliphatic rings. The van der Waals surface area contributed by atoms with Crippen LogP contribution in [0.15, 0.2) is 144 Å². The van der Waals surface area contributed by atoms with Crippen LogP contribution >= 0.6 is 11.3 Å². The van der Waals surface area contributed by atoms with Crippen molar-refractivity contribution in [1.82, 2.24) is 39.7 Å². The van der Waals surface area contributed by atoms with Crippen molar-refractivity contribution in [1.29, 1.82) is 0 Å². The Morgan fingerprint density at radius 3 is 2.25 bits per heavy atom. The lowest BCUT2D eigenvalue weighted by atomic mass is 10.1. The summed E-state index contributed by atoms with van der Waals surface area (Å²) >= 11 is 1.28. The van der Waals surface area contributed by atoms with Crippen molar-refractivity contribution in [3.05, 3.63) is 156 Å². The maximum Gasteiger partial charge on any atom is 0.325 e. The number of nitrogens with one attached hydrogen (secondary N) is 3. The number of allylic oxidation sites excluding steroid dienone is 2. The monoisotopic (exact) mass is 1230 g/mol. The third kappa shape index (κ3) is 24.2. The summed E-state index contributed by atoms with van der Waals surface area (Å²) in [6, 6.07) is 25.4. The van der Waals surface area contributed by atoms with Gasteiger partial charge in [0.2, 0.25) is 17.7 Å². The third-order valence-corrected chi connectivity index (χ3v) is 15.3. The van der Waals surface area contributed by atoms with Crippen LogP contribution in [0.2, 0.25) is 0 Å². The van der Waals surface area contributed by atoms with Gasteiger partial charge in [0.05, 0.1) is 82.9 Å². The largest absolute Gasteiger partial charge is 0.494 e. The number of nitrogens with two attached hydrogens (primary N) is 1.